The van der Waals surface area contributed by atoms with Crippen LogP contribution in [0.15, 0.2) is 59.3 Å². The lowest BCUT2D eigenvalue weighted by Crippen LogP contribution is -2.32. The molecule has 0 atom stereocenters. The Bertz CT molecular complexity index is 1390. The van der Waals surface area contributed by atoms with Gasteiger partial charge in [-0.25, -0.2) is 14.7 Å². The van der Waals surface area contributed by atoms with Crippen molar-refractivity contribution in [1.82, 2.24) is 4.98 Å². The molecule has 0 fully saturated rings. The van der Waals surface area contributed by atoms with Crippen LogP contribution in [-0.2, 0) is 14.3 Å². The fourth-order valence-electron chi connectivity index (χ4n) is 3.31. The fourth-order valence-corrected chi connectivity index (χ4v) is 4.34. The molecule has 0 saturated carbocycles. The number of ether oxygens (including phenoxy) is 1. The minimum absolute atomic E-state index is 0.149. The van der Waals surface area contributed by atoms with Crippen LogP contribution in [0.3, 0.4) is 0 Å². The van der Waals surface area contributed by atoms with Crippen molar-refractivity contribution < 1.29 is 23.9 Å². The molecule has 0 unspecified atom stereocenters. The number of benzene rings is 2. The molecule has 3 amide bonds. The minimum Gasteiger partial charge on any atom is -0.465 e. The number of carbonyl (C=O) groups is 4. The summed E-state index contributed by atoms with van der Waals surface area (Å²) in [5, 5.41) is 5.76. The highest BCUT2D eigenvalue weighted by Crippen LogP contribution is 2.31. The first-order chi connectivity index (χ1) is 16.7. The maximum atomic E-state index is 13.1. The van der Waals surface area contributed by atoms with E-state index in [0.717, 1.165) is 15.5 Å². The predicted octanol–water partition coefficient (Wildman–Crippen LogP) is 4.23. The molecule has 0 aliphatic carbocycles. The van der Waals surface area contributed by atoms with E-state index in [1.807, 2.05) is 13.8 Å². The van der Waals surface area contributed by atoms with Gasteiger partial charge < -0.3 is 10.1 Å². The maximum absolute atomic E-state index is 13.1. The van der Waals surface area contributed by atoms with Crippen LogP contribution in [0, 0.1) is 13.8 Å². The zero-order valence-corrected chi connectivity index (χ0v) is 20.4. The molecule has 0 saturated heterocycles. The van der Waals surface area contributed by atoms with E-state index in [1.54, 1.807) is 18.2 Å². The Morgan fingerprint density at radius 3 is 2.43 bits per heavy atom. The Hall–Kier alpha value is -4.02. The summed E-state index contributed by atoms with van der Waals surface area (Å²) in [5.41, 5.74) is 1.73. The zero-order chi connectivity index (χ0) is 25.3. The molecule has 178 valence electrons. The fraction of sp³-hybridized carbons (Fsp3) is 0.125. The van der Waals surface area contributed by atoms with E-state index in [9.17, 15) is 19.2 Å². The normalized spacial score (nSPS) is 13.3. The second-order valence-electron chi connectivity index (χ2n) is 7.50. The molecular formula is C24H19ClN4O5S. The van der Waals surface area contributed by atoms with Crippen molar-refractivity contribution in [2.24, 2.45) is 0 Å². The van der Waals surface area contributed by atoms with E-state index in [4.69, 9.17) is 16.3 Å². The molecule has 4 rings (SSSR count). The number of aryl methyl sites for hydroxylation is 2. The first kappa shape index (κ1) is 24.1. The quantitative estimate of drug-likeness (QED) is 0.376. The summed E-state index contributed by atoms with van der Waals surface area (Å²) in [7, 11) is 1.23. The summed E-state index contributed by atoms with van der Waals surface area (Å²) in [6.07, 6.45) is 0. The zero-order valence-electron chi connectivity index (χ0n) is 18.8. The third-order valence-electron chi connectivity index (χ3n) is 5.20. The van der Waals surface area contributed by atoms with Gasteiger partial charge in [-0.3, -0.25) is 19.7 Å². The third kappa shape index (κ3) is 4.79. The Labute approximate surface area is 209 Å². The van der Waals surface area contributed by atoms with Gasteiger partial charge in [0.1, 0.15) is 10.7 Å². The first-order valence-corrected chi connectivity index (χ1v) is 11.5. The monoisotopic (exact) mass is 510 g/mol. The number of hydrogen-bond acceptors (Lipinski definition) is 8. The first-order valence-electron chi connectivity index (χ1n) is 10.3. The lowest BCUT2D eigenvalue weighted by Gasteiger charge is -2.16. The minimum atomic E-state index is -0.746. The van der Waals surface area contributed by atoms with E-state index >= 15 is 0 Å². The lowest BCUT2D eigenvalue weighted by atomic mass is 10.2. The van der Waals surface area contributed by atoms with Crippen LogP contribution in [0.4, 0.5) is 16.5 Å². The standard InChI is InChI=1S/C24H19ClN4O5S/c1-12-13(2)35-24(26-12)28-20(30)14-6-4-8-16(10-14)27-19-18(25)21(31)29(22(19)32)17-9-5-7-15(11-17)23(33)34-3/h4-11,27H,1-3H3,(H,26,28,30). The van der Waals surface area contributed by atoms with Crippen molar-refractivity contribution in [1.29, 1.82) is 0 Å². The van der Waals surface area contributed by atoms with Gasteiger partial charge in [0.15, 0.2) is 5.13 Å². The second-order valence-corrected chi connectivity index (χ2v) is 9.08. The summed E-state index contributed by atoms with van der Waals surface area (Å²) in [6, 6.07) is 12.3. The van der Waals surface area contributed by atoms with Gasteiger partial charge in [-0.1, -0.05) is 23.7 Å². The molecule has 3 aromatic rings. The van der Waals surface area contributed by atoms with Crippen LogP contribution in [0.5, 0.6) is 0 Å². The Morgan fingerprint density at radius 2 is 1.74 bits per heavy atom. The van der Waals surface area contributed by atoms with Gasteiger partial charge in [-0.15, -0.1) is 11.3 Å². The average Bonchev–Trinajstić information content (AvgIpc) is 3.27. The number of aromatic nitrogens is 1. The van der Waals surface area contributed by atoms with E-state index < -0.39 is 17.8 Å². The lowest BCUT2D eigenvalue weighted by molar-refractivity contribution is -0.120. The number of rotatable bonds is 6. The molecule has 1 aliphatic heterocycles. The molecule has 11 heteroatoms. The topological polar surface area (TPSA) is 118 Å². The summed E-state index contributed by atoms with van der Waals surface area (Å²) >= 11 is 7.57. The molecular weight excluding hydrogens is 492 g/mol. The van der Waals surface area contributed by atoms with Crippen LogP contribution in [0.2, 0.25) is 0 Å². The smallest absolute Gasteiger partial charge is 0.337 e. The van der Waals surface area contributed by atoms with Gasteiger partial charge in [0.05, 0.1) is 24.1 Å². The number of amides is 3. The van der Waals surface area contributed by atoms with Crippen molar-refractivity contribution in [3.63, 3.8) is 0 Å². The van der Waals surface area contributed by atoms with Gasteiger partial charge >= 0.3 is 5.97 Å². The van der Waals surface area contributed by atoms with Crippen molar-refractivity contribution in [3.8, 4) is 0 Å². The van der Waals surface area contributed by atoms with Crippen molar-refractivity contribution in [2.45, 2.75) is 13.8 Å². The van der Waals surface area contributed by atoms with Gasteiger partial charge in [0, 0.05) is 16.1 Å². The second kappa shape index (κ2) is 9.69. The Balaban J connectivity index is 1.54. The predicted molar refractivity (Wildman–Crippen MR) is 133 cm³/mol. The number of anilines is 3. The molecule has 35 heavy (non-hydrogen) atoms. The van der Waals surface area contributed by atoms with Crippen LogP contribution in [0.1, 0.15) is 31.3 Å². The van der Waals surface area contributed by atoms with Gasteiger partial charge in [0.25, 0.3) is 17.7 Å². The molecule has 2 heterocycles. The van der Waals surface area contributed by atoms with Crippen molar-refractivity contribution >= 4 is 63.1 Å². The number of methoxy groups -OCH3 is 1. The van der Waals surface area contributed by atoms with Gasteiger partial charge in [0.2, 0.25) is 0 Å². The van der Waals surface area contributed by atoms with Gasteiger partial charge in [-0.05, 0) is 50.2 Å². The number of carbonyl (C=O) groups excluding carboxylic acids is 4. The molecule has 2 N–H and O–H groups in total. The molecule has 2 aromatic carbocycles. The van der Waals surface area contributed by atoms with E-state index in [-0.39, 0.29) is 27.9 Å². The summed E-state index contributed by atoms with van der Waals surface area (Å²) in [4.78, 5) is 56.5. The van der Waals surface area contributed by atoms with Crippen LogP contribution >= 0.6 is 22.9 Å². The highest BCUT2D eigenvalue weighted by molar-refractivity contribution is 7.15. The SMILES string of the molecule is COC(=O)c1cccc(N2C(=O)C(Cl)=C(Nc3cccc(C(=O)Nc4nc(C)c(C)s4)c3)C2=O)c1. The number of esters is 1. The number of thiazole rings is 1. The number of nitrogens with one attached hydrogen (secondary N) is 2. The molecule has 1 aromatic heterocycles. The van der Waals surface area contributed by atoms with E-state index in [0.29, 0.717) is 16.4 Å². The number of hydrogen-bond donors (Lipinski definition) is 2. The highest BCUT2D eigenvalue weighted by Gasteiger charge is 2.39. The number of imide groups is 1. The third-order valence-corrected chi connectivity index (χ3v) is 6.53. The van der Waals surface area contributed by atoms with Crippen LogP contribution in [-0.4, -0.2) is 35.8 Å². The number of nitrogens with zero attached hydrogens (tertiary/aromatic N) is 2. The van der Waals surface area contributed by atoms with Crippen LogP contribution < -0.4 is 15.5 Å². The molecule has 0 radical (unpaired) electrons. The summed E-state index contributed by atoms with van der Waals surface area (Å²) in [6.45, 7) is 3.78. The van der Waals surface area contributed by atoms with E-state index in [2.05, 4.69) is 15.6 Å². The average molecular weight is 511 g/mol. The van der Waals surface area contributed by atoms with Crippen LogP contribution in [0.25, 0.3) is 0 Å². The van der Waals surface area contributed by atoms with Crippen molar-refractivity contribution in [3.05, 3.63) is 81.0 Å². The Kier molecular flexibility index (Phi) is 6.68. The highest BCUT2D eigenvalue weighted by atomic mass is 35.5. The molecule has 1 aliphatic rings. The molecule has 9 nitrogen and oxygen atoms in total. The van der Waals surface area contributed by atoms with Gasteiger partial charge in [-0.2, -0.15) is 0 Å². The largest absolute Gasteiger partial charge is 0.465 e. The summed E-state index contributed by atoms with van der Waals surface area (Å²) < 4.78 is 4.69. The number of halogens is 1. The molecule has 0 spiro atoms. The molecule has 0 bridgehead atoms. The Morgan fingerprint density at radius 1 is 1.03 bits per heavy atom. The summed E-state index contributed by atoms with van der Waals surface area (Å²) in [5.74, 6) is -2.44. The van der Waals surface area contributed by atoms with E-state index in [1.165, 1.54) is 48.8 Å². The maximum Gasteiger partial charge on any atom is 0.337 e. The van der Waals surface area contributed by atoms with Crippen molar-refractivity contribution in [2.75, 3.05) is 22.6 Å².